The van der Waals surface area contributed by atoms with Gasteiger partial charge in [0.2, 0.25) is 5.91 Å². The first kappa shape index (κ1) is 20.9. The minimum absolute atomic E-state index is 0.120. The van der Waals surface area contributed by atoms with E-state index in [1.807, 2.05) is 49.2 Å². The standard InChI is InChI=1S/C22H27BrN4O3/c1-13(2)18(26(3)21(29)30)20(28)27-12-22(8-9-22)10-17(27)19-24-11-16(25-19)14-4-6-15(23)7-5-14/h4-7,11,13,17-18H,8-10,12H2,1-3H3,(H,24,25)(H,29,30)/t17-,18-/m0/s1. The van der Waals surface area contributed by atoms with Crippen molar-refractivity contribution in [3.05, 3.63) is 40.8 Å². The topological polar surface area (TPSA) is 89.5 Å². The molecule has 1 aromatic carbocycles. The Balaban J connectivity index is 1.63. The van der Waals surface area contributed by atoms with Gasteiger partial charge >= 0.3 is 6.09 Å². The first-order valence-electron chi connectivity index (χ1n) is 10.3. The average molecular weight is 475 g/mol. The summed E-state index contributed by atoms with van der Waals surface area (Å²) in [5, 5.41) is 9.47. The van der Waals surface area contributed by atoms with Gasteiger partial charge in [0.15, 0.2) is 0 Å². The largest absolute Gasteiger partial charge is 0.465 e. The SMILES string of the molecule is CC(C)[C@@H](C(=O)N1CC2(CC2)C[C@H]1c1ncc(-c2ccc(Br)cc2)[nH]1)N(C)C(=O)O. The number of amides is 2. The zero-order valence-corrected chi connectivity index (χ0v) is 19.0. The molecule has 2 aliphatic rings. The summed E-state index contributed by atoms with van der Waals surface area (Å²) < 4.78 is 1.01. The lowest BCUT2D eigenvalue weighted by molar-refractivity contribution is -0.138. The van der Waals surface area contributed by atoms with Crippen LogP contribution in [0.2, 0.25) is 0 Å². The third-order valence-electron chi connectivity index (χ3n) is 6.42. The van der Waals surface area contributed by atoms with Crippen molar-refractivity contribution in [1.29, 1.82) is 0 Å². The summed E-state index contributed by atoms with van der Waals surface area (Å²) in [4.78, 5) is 36.1. The van der Waals surface area contributed by atoms with Crippen molar-refractivity contribution in [2.45, 2.75) is 45.2 Å². The van der Waals surface area contributed by atoms with Gasteiger partial charge in [0.1, 0.15) is 11.9 Å². The molecule has 7 nitrogen and oxygen atoms in total. The molecule has 160 valence electrons. The van der Waals surface area contributed by atoms with E-state index in [1.54, 1.807) is 0 Å². The number of aromatic nitrogens is 2. The molecule has 0 unspecified atom stereocenters. The molecule has 1 aliphatic carbocycles. The predicted molar refractivity (Wildman–Crippen MR) is 117 cm³/mol. The highest BCUT2D eigenvalue weighted by atomic mass is 79.9. The number of H-pyrrole nitrogens is 1. The maximum atomic E-state index is 13.5. The highest BCUT2D eigenvalue weighted by Crippen LogP contribution is 2.58. The monoisotopic (exact) mass is 474 g/mol. The maximum Gasteiger partial charge on any atom is 0.407 e. The molecule has 2 atom stereocenters. The molecule has 2 amide bonds. The van der Waals surface area contributed by atoms with Gasteiger partial charge in [0, 0.05) is 18.1 Å². The number of hydrogen-bond donors (Lipinski definition) is 2. The lowest BCUT2D eigenvalue weighted by Crippen LogP contribution is -2.51. The van der Waals surface area contributed by atoms with Gasteiger partial charge in [-0.25, -0.2) is 9.78 Å². The molecule has 1 aliphatic heterocycles. The fraction of sp³-hybridized carbons (Fsp3) is 0.500. The Labute approximate surface area is 184 Å². The number of carbonyl (C=O) groups is 2. The molecule has 2 fully saturated rings. The molecule has 4 rings (SSSR count). The second-order valence-electron chi connectivity index (χ2n) is 8.96. The number of hydrogen-bond acceptors (Lipinski definition) is 3. The molecular formula is C22H27BrN4O3. The summed E-state index contributed by atoms with van der Waals surface area (Å²) in [5.74, 6) is 0.515. The number of benzene rings is 1. The van der Waals surface area contributed by atoms with E-state index in [0.29, 0.717) is 6.54 Å². The van der Waals surface area contributed by atoms with Crippen LogP contribution in [-0.2, 0) is 4.79 Å². The van der Waals surface area contributed by atoms with E-state index < -0.39 is 12.1 Å². The second-order valence-corrected chi connectivity index (χ2v) is 9.87. The Bertz CT molecular complexity index is 952. The van der Waals surface area contributed by atoms with Crippen LogP contribution in [0.5, 0.6) is 0 Å². The summed E-state index contributed by atoms with van der Waals surface area (Å²) in [7, 11) is 1.47. The van der Waals surface area contributed by atoms with Crippen molar-refractivity contribution < 1.29 is 14.7 Å². The van der Waals surface area contributed by atoms with E-state index in [0.717, 1.165) is 45.7 Å². The van der Waals surface area contributed by atoms with E-state index in [1.165, 1.54) is 7.05 Å². The van der Waals surface area contributed by atoms with Crippen LogP contribution in [0.4, 0.5) is 4.79 Å². The zero-order valence-electron chi connectivity index (χ0n) is 17.4. The fourth-order valence-corrected chi connectivity index (χ4v) is 4.80. The smallest absolute Gasteiger partial charge is 0.407 e. The molecule has 8 heteroatoms. The Morgan fingerprint density at radius 3 is 2.53 bits per heavy atom. The van der Waals surface area contributed by atoms with Crippen LogP contribution < -0.4 is 0 Å². The number of carboxylic acid groups (broad SMARTS) is 1. The molecular weight excluding hydrogens is 448 g/mol. The summed E-state index contributed by atoms with van der Waals surface area (Å²) >= 11 is 3.45. The predicted octanol–water partition coefficient (Wildman–Crippen LogP) is 4.53. The Morgan fingerprint density at radius 2 is 1.97 bits per heavy atom. The fourth-order valence-electron chi connectivity index (χ4n) is 4.54. The molecule has 0 bridgehead atoms. The van der Waals surface area contributed by atoms with Gasteiger partial charge in [-0.3, -0.25) is 9.69 Å². The summed E-state index contributed by atoms with van der Waals surface area (Å²) in [6, 6.07) is 7.12. The number of carbonyl (C=O) groups excluding carboxylic acids is 1. The van der Waals surface area contributed by atoms with Crippen LogP contribution in [0, 0.1) is 11.3 Å². The molecule has 0 radical (unpaired) electrons. The van der Waals surface area contributed by atoms with E-state index in [2.05, 4.69) is 25.9 Å². The van der Waals surface area contributed by atoms with Crippen molar-refractivity contribution in [1.82, 2.24) is 19.8 Å². The minimum Gasteiger partial charge on any atom is -0.465 e. The van der Waals surface area contributed by atoms with Crippen molar-refractivity contribution in [3.8, 4) is 11.3 Å². The molecule has 1 saturated heterocycles. The lowest BCUT2D eigenvalue weighted by Gasteiger charge is -2.33. The second kappa shape index (κ2) is 7.72. The normalized spacial score (nSPS) is 20.6. The summed E-state index contributed by atoms with van der Waals surface area (Å²) in [5.41, 5.74) is 2.10. The van der Waals surface area contributed by atoms with Crippen LogP contribution in [0.3, 0.4) is 0 Å². The summed E-state index contributed by atoms with van der Waals surface area (Å²) in [6.07, 6.45) is 3.80. The number of halogens is 1. The Hall–Kier alpha value is -2.35. The van der Waals surface area contributed by atoms with Gasteiger partial charge in [-0.1, -0.05) is 41.9 Å². The third-order valence-corrected chi connectivity index (χ3v) is 6.95. The zero-order chi connectivity index (χ0) is 21.6. The number of rotatable bonds is 5. The van der Waals surface area contributed by atoms with Gasteiger partial charge < -0.3 is 15.0 Å². The summed E-state index contributed by atoms with van der Waals surface area (Å²) in [6.45, 7) is 4.44. The highest BCUT2D eigenvalue weighted by molar-refractivity contribution is 9.10. The first-order valence-corrected chi connectivity index (χ1v) is 11.1. The van der Waals surface area contributed by atoms with Crippen LogP contribution >= 0.6 is 15.9 Å². The number of aromatic amines is 1. The van der Waals surface area contributed by atoms with E-state index in [-0.39, 0.29) is 23.3 Å². The van der Waals surface area contributed by atoms with E-state index in [9.17, 15) is 14.7 Å². The number of imidazole rings is 1. The van der Waals surface area contributed by atoms with Crippen LogP contribution in [-0.4, -0.2) is 56.5 Å². The molecule has 1 aromatic heterocycles. The van der Waals surface area contributed by atoms with Crippen LogP contribution in [0.15, 0.2) is 34.9 Å². The maximum absolute atomic E-state index is 13.5. The Morgan fingerprint density at radius 1 is 1.30 bits per heavy atom. The van der Waals surface area contributed by atoms with Crippen LogP contribution in [0.25, 0.3) is 11.3 Å². The van der Waals surface area contributed by atoms with Gasteiger partial charge in [-0.05, 0) is 48.3 Å². The van der Waals surface area contributed by atoms with Gasteiger partial charge in [-0.15, -0.1) is 0 Å². The average Bonchev–Trinajstić information content (AvgIpc) is 3.11. The number of likely N-dealkylation sites (tertiary alicyclic amines) is 1. The third kappa shape index (κ3) is 3.85. The van der Waals surface area contributed by atoms with Crippen molar-refractivity contribution in [2.24, 2.45) is 11.3 Å². The number of nitrogens with zero attached hydrogens (tertiary/aromatic N) is 3. The van der Waals surface area contributed by atoms with Gasteiger partial charge in [0.25, 0.3) is 0 Å². The van der Waals surface area contributed by atoms with Gasteiger partial charge in [0.05, 0.1) is 17.9 Å². The molecule has 30 heavy (non-hydrogen) atoms. The van der Waals surface area contributed by atoms with Crippen LogP contribution in [0.1, 0.15) is 45.0 Å². The van der Waals surface area contributed by atoms with Crippen molar-refractivity contribution >= 4 is 27.9 Å². The van der Waals surface area contributed by atoms with Gasteiger partial charge in [-0.2, -0.15) is 0 Å². The van der Waals surface area contributed by atoms with E-state index >= 15 is 0 Å². The first-order chi connectivity index (χ1) is 14.2. The lowest BCUT2D eigenvalue weighted by atomic mass is 10.0. The molecule has 2 N–H and O–H groups in total. The number of likely N-dealkylation sites (N-methyl/N-ethyl adjacent to an activating group) is 1. The van der Waals surface area contributed by atoms with Crippen molar-refractivity contribution in [2.75, 3.05) is 13.6 Å². The molecule has 1 saturated carbocycles. The molecule has 2 heterocycles. The van der Waals surface area contributed by atoms with Crippen molar-refractivity contribution in [3.63, 3.8) is 0 Å². The molecule has 1 spiro atoms. The molecule has 2 aromatic rings. The Kier molecular flexibility index (Phi) is 5.38. The quantitative estimate of drug-likeness (QED) is 0.665. The highest BCUT2D eigenvalue weighted by Gasteiger charge is 2.55. The number of nitrogens with one attached hydrogen (secondary N) is 1. The van der Waals surface area contributed by atoms with E-state index in [4.69, 9.17) is 0 Å². The minimum atomic E-state index is -1.09.